The summed E-state index contributed by atoms with van der Waals surface area (Å²) in [4.78, 5) is 34.9. The molecule has 0 fully saturated rings. The largest absolute Gasteiger partial charge is 0.471 e. The highest BCUT2D eigenvalue weighted by Crippen LogP contribution is 2.37. The topological polar surface area (TPSA) is 92.0 Å². The van der Waals surface area contributed by atoms with Crippen LogP contribution in [0.25, 0.3) is 10.8 Å². The first-order valence-electron chi connectivity index (χ1n) is 12.6. The van der Waals surface area contributed by atoms with Crippen molar-refractivity contribution in [3.8, 4) is 5.75 Å². The van der Waals surface area contributed by atoms with E-state index in [0.29, 0.717) is 17.4 Å². The zero-order valence-corrected chi connectivity index (χ0v) is 24.1. The molecule has 0 aliphatic carbocycles. The van der Waals surface area contributed by atoms with Crippen LogP contribution < -0.4 is 4.74 Å². The van der Waals surface area contributed by atoms with Crippen LogP contribution >= 0.6 is 23.2 Å². The van der Waals surface area contributed by atoms with E-state index in [0.717, 1.165) is 51.9 Å². The molecule has 3 rings (SSSR count). The molecule has 0 N–H and O–H groups in total. The molecule has 0 aliphatic rings. The van der Waals surface area contributed by atoms with Crippen LogP contribution in [0.3, 0.4) is 0 Å². The monoisotopic (exact) mass is 564 g/mol. The fourth-order valence-corrected chi connectivity index (χ4v) is 4.38. The Morgan fingerprint density at radius 3 is 2.03 bits per heavy atom. The van der Waals surface area contributed by atoms with Gasteiger partial charge in [-0.05, 0) is 75.1 Å². The van der Waals surface area contributed by atoms with Gasteiger partial charge in [0.15, 0.2) is 5.78 Å². The number of halogens is 2. The first kappa shape index (κ1) is 31.2. The molecule has 1 unspecified atom stereocenters. The molecule has 9 heteroatoms. The van der Waals surface area contributed by atoms with Crippen molar-refractivity contribution in [3.05, 3.63) is 63.0 Å². The summed E-state index contributed by atoms with van der Waals surface area (Å²) in [5.41, 5.74) is 2.06. The van der Waals surface area contributed by atoms with Gasteiger partial charge in [-0.1, -0.05) is 44.0 Å². The minimum atomic E-state index is -1.23. The lowest BCUT2D eigenvalue weighted by atomic mass is 9.97. The number of aryl methyl sites for hydroxylation is 3. The molecule has 1 aromatic heterocycles. The number of hydrogen-bond donors (Lipinski definition) is 0. The van der Waals surface area contributed by atoms with E-state index in [2.05, 4.69) is 6.92 Å². The fourth-order valence-electron chi connectivity index (χ4n) is 3.84. The normalized spacial score (nSPS) is 11.4. The molecule has 206 valence electrons. The highest BCUT2D eigenvalue weighted by Gasteiger charge is 2.27. The second kappa shape index (κ2) is 14.8. The summed E-state index contributed by atoms with van der Waals surface area (Å²) < 4.78 is 20.9. The first-order chi connectivity index (χ1) is 18.1. The van der Waals surface area contributed by atoms with E-state index < -0.39 is 23.8 Å². The van der Waals surface area contributed by atoms with E-state index >= 15 is 0 Å². The van der Waals surface area contributed by atoms with Gasteiger partial charge < -0.3 is 18.6 Å². The second-order valence-corrected chi connectivity index (χ2v) is 9.02. The minimum absolute atomic E-state index is 0.201. The first-order valence-corrected chi connectivity index (χ1v) is 13.4. The Labute approximate surface area is 233 Å². The van der Waals surface area contributed by atoms with Crippen LogP contribution in [0.2, 0.25) is 10.0 Å². The Morgan fingerprint density at radius 2 is 1.53 bits per heavy atom. The smallest absolute Gasteiger partial charge is 0.374 e. The van der Waals surface area contributed by atoms with E-state index in [1.807, 2.05) is 19.9 Å². The molecule has 3 aromatic rings. The van der Waals surface area contributed by atoms with Gasteiger partial charge in [0.2, 0.25) is 5.76 Å². The molecule has 38 heavy (non-hydrogen) atoms. The predicted molar refractivity (Wildman–Crippen MR) is 148 cm³/mol. The van der Waals surface area contributed by atoms with Gasteiger partial charge in [-0.2, -0.15) is 0 Å². The number of ketones is 1. The number of carbonyl (C=O) groups is 3. The van der Waals surface area contributed by atoms with E-state index in [1.165, 1.54) is 6.92 Å². The molecule has 0 bridgehead atoms. The predicted octanol–water partition coefficient (Wildman–Crippen LogP) is 7.19. The van der Waals surface area contributed by atoms with Crippen LogP contribution in [0.5, 0.6) is 5.75 Å². The van der Waals surface area contributed by atoms with Crippen molar-refractivity contribution in [1.29, 1.82) is 0 Å². The molecular formula is C29H34Cl2O7. The number of fused-ring (bicyclic) bond motifs is 1. The van der Waals surface area contributed by atoms with Gasteiger partial charge in [0.25, 0.3) is 6.10 Å². The maximum Gasteiger partial charge on any atom is 0.374 e. The Bertz CT molecular complexity index is 1260. The third kappa shape index (κ3) is 7.51. The average Bonchev–Trinajstić information content (AvgIpc) is 3.26. The summed E-state index contributed by atoms with van der Waals surface area (Å²) in [6.07, 6.45) is 1.10. The van der Waals surface area contributed by atoms with Crippen LogP contribution in [0.1, 0.15) is 69.0 Å². The van der Waals surface area contributed by atoms with Gasteiger partial charge in [-0.25, -0.2) is 9.59 Å². The highest BCUT2D eigenvalue weighted by molar-refractivity contribution is 6.33. The average molecular weight is 565 g/mol. The van der Waals surface area contributed by atoms with Crippen LogP contribution in [-0.4, -0.2) is 37.0 Å². The molecule has 1 heterocycles. The summed E-state index contributed by atoms with van der Waals surface area (Å²) >= 11 is 12.2. The van der Waals surface area contributed by atoms with Crippen molar-refractivity contribution < 1.29 is 33.0 Å². The molecule has 0 saturated heterocycles. The number of hydrogen-bond acceptors (Lipinski definition) is 7. The lowest BCUT2D eigenvalue weighted by Crippen LogP contribution is -2.35. The fraction of sp³-hybridized carbons (Fsp3) is 0.414. The summed E-state index contributed by atoms with van der Waals surface area (Å²) in [7, 11) is 0. The van der Waals surface area contributed by atoms with E-state index in [4.69, 9.17) is 41.8 Å². The number of ether oxygens (including phenoxy) is 3. The Hall–Kier alpha value is -3.03. The number of esters is 2. The third-order valence-corrected chi connectivity index (χ3v) is 6.37. The van der Waals surface area contributed by atoms with Crippen molar-refractivity contribution >= 4 is 51.7 Å². The van der Waals surface area contributed by atoms with Crippen molar-refractivity contribution in [3.63, 3.8) is 0 Å². The van der Waals surface area contributed by atoms with Gasteiger partial charge >= 0.3 is 11.9 Å². The molecule has 0 aliphatic heterocycles. The van der Waals surface area contributed by atoms with Crippen molar-refractivity contribution in [1.82, 2.24) is 0 Å². The van der Waals surface area contributed by atoms with Gasteiger partial charge in [-0.15, -0.1) is 0 Å². The van der Waals surface area contributed by atoms with E-state index in [9.17, 15) is 14.4 Å². The van der Waals surface area contributed by atoms with E-state index in [-0.39, 0.29) is 12.4 Å². The number of furan rings is 1. The summed E-state index contributed by atoms with van der Waals surface area (Å²) in [6, 6.07) is 8.43. The standard InChI is InChI=1S/C17H21ClO3.C12H13ClO4/c1-5-10-9-12-13(7-3)21-16(17(19)20-8-4)14(12)11(6-2)15(10)18;1-3-16-12(15)11(8(2)14)17-10-6-4-9(13)5-7-10/h9H,5-8H2,1-4H3;4-7,11H,3H2,1-2H3. The lowest BCUT2D eigenvalue weighted by molar-refractivity contribution is -0.154. The van der Waals surface area contributed by atoms with Crippen LogP contribution in [-0.2, 0) is 38.3 Å². The van der Waals surface area contributed by atoms with Crippen molar-refractivity contribution in [2.24, 2.45) is 0 Å². The Kier molecular flexibility index (Phi) is 12.1. The quantitative estimate of drug-likeness (QED) is 0.190. The SMILES string of the molecule is CCOC(=O)C(Oc1ccc(Cl)cc1)C(C)=O.CCOC(=O)c1oc(CC)c2cc(CC)c(Cl)c(CC)c12. The molecule has 7 nitrogen and oxygen atoms in total. The lowest BCUT2D eigenvalue weighted by Gasteiger charge is -2.14. The maximum absolute atomic E-state index is 12.2. The van der Waals surface area contributed by atoms with Crippen molar-refractivity contribution in [2.45, 2.75) is 66.9 Å². The number of rotatable bonds is 10. The number of carbonyl (C=O) groups excluding carboxylic acids is 3. The van der Waals surface area contributed by atoms with Gasteiger partial charge in [0.05, 0.1) is 13.2 Å². The second-order valence-electron chi connectivity index (χ2n) is 8.20. The summed E-state index contributed by atoms with van der Waals surface area (Å²) in [6.45, 7) is 11.4. The molecule has 0 saturated carbocycles. The zero-order chi connectivity index (χ0) is 28.4. The number of benzene rings is 2. The van der Waals surface area contributed by atoms with Gasteiger partial charge in [0.1, 0.15) is 11.5 Å². The maximum atomic E-state index is 12.2. The van der Waals surface area contributed by atoms with E-state index in [1.54, 1.807) is 38.1 Å². The van der Waals surface area contributed by atoms with Crippen LogP contribution in [0.15, 0.2) is 34.7 Å². The molecule has 0 amide bonds. The Morgan fingerprint density at radius 1 is 0.895 bits per heavy atom. The number of Topliss-reactive ketones (excluding diaryl/α,β-unsaturated/α-hetero) is 1. The highest BCUT2D eigenvalue weighted by atomic mass is 35.5. The van der Waals surface area contributed by atoms with Gasteiger partial charge in [-0.3, -0.25) is 4.79 Å². The van der Waals surface area contributed by atoms with Crippen molar-refractivity contribution in [2.75, 3.05) is 13.2 Å². The van der Waals surface area contributed by atoms with Crippen LogP contribution in [0.4, 0.5) is 0 Å². The molecule has 1 atom stereocenters. The minimum Gasteiger partial charge on any atom is -0.471 e. The Balaban J connectivity index is 0.000000273. The summed E-state index contributed by atoms with van der Waals surface area (Å²) in [5, 5.41) is 3.09. The molecular weight excluding hydrogens is 531 g/mol. The molecule has 0 spiro atoms. The molecule has 0 radical (unpaired) electrons. The summed E-state index contributed by atoms with van der Waals surface area (Å²) in [5.74, 6) is -0.0209. The third-order valence-electron chi connectivity index (χ3n) is 5.64. The zero-order valence-electron chi connectivity index (χ0n) is 22.6. The van der Waals surface area contributed by atoms with Gasteiger partial charge in [0, 0.05) is 27.2 Å². The van der Waals surface area contributed by atoms with Crippen LogP contribution in [0, 0.1) is 0 Å². The molecule has 2 aromatic carbocycles.